The molecule has 1 saturated carbocycles. The number of nitrogens with one attached hydrogen (secondary N) is 2. The molecule has 2 fully saturated rings. The highest BCUT2D eigenvalue weighted by atomic mass is 19.1. The quantitative estimate of drug-likeness (QED) is 0.835. The fourth-order valence-electron chi connectivity index (χ4n) is 3.91. The van der Waals surface area contributed by atoms with Gasteiger partial charge in [-0.2, -0.15) is 5.10 Å². The first-order valence-electron chi connectivity index (χ1n) is 9.50. The van der Waals surface area contributed by atoms with Gasteiger partial charge in [0.15, 0.2) is 0 Å². The van der Waals surface area contributed by atoms with E-state index in [2.05, 4.69) is 30.3 Å². The van der Waals surface area contributed by atoms with Gasteiger partial charge >= 0.3 is 0 Å². The van der Waals surface area contributed by atoms with E-state index < -0.39 is 5.54 Å². The molecule has 0 spiro atoms. The van der Waals surface area contributed by atoms with Crippen LogP contribution in [0.1, 0.15) is 32.0 Å². The molecular formula is C19H25FN6O. The molecule has 1 aromatic heterocycles. The van der Waals surface area contributed by atoms with Crippen molar-refractivity contribution in [2.45, 2.75) is 37.8 Å². The van der Waals surface area contributed by atoms with Crippen molar-refractivity contribution in [3.8, 4) is 0 Å². The van der Waals surface area contributed by atoms with E-state index in [-0.39, 0.29) is 17.8 Å². The molecule has 1 amide bonds. The van der Waals surface area contributed by atoms with Crippen LogP contribution in [-0.2, 0) is 10.3 Å². The third kappa shape index (κ3) is 3.53. The number of hydrogen-bond donors (Lipinski definition) is 2. The zero-order valence-electron chi connectivity index (χ0n) is 15.5. The number of carbonyl (C=O) groups excluding carboxylic acids is 1. The maximum Gasteiger partial charge on any atom is 0.237 e. The molecule has 27 heavy (non-hydrogen) atoms. The molecule has 0 radical (unpaired) electrons. The van der Waals surface area contributed by atoms with Crippen LogP contribution >= 0.6 is 0 Å². The molecule has 2 aliphatic rings. The van der Waals surface area contributed by atoms with Crippen LogP contribution in [0, 0.1) is 5.82 Å². The van der Waals surface area contributed by atoms with Crippen LogP contribution in [0.4, 0.5) is 10.1 Å². The summed E-state index contributed by atoms with van der Waals surface area (Å²) < 4.78 is 13.1. The molecule has 1 aromatic carbocycles. The normalized spacial score (nSPS) is 20.7. The van der Waals surface area contributed by atoms with Crippen LogP contribution in [0.25, 0.3) is 0 Å². The highest BCUT2D eigenvalue weighted by molar-refractivity contribution is 5.82. The number of nitrogens with zero attached hydrogens (tertiary/aromatic N) is 4. The Labute approximate surface area is 158 Å². The van der Waals surface area contributed by atoms with Crippen molar-refractivity contribution in [1.82, 2.24) is 25.4 Å². The first kappa shape index (κ1) is 17.9. The van der Waals surface area contributed by atoms with Gasteiger partial charge in [0.1, 0.15) is 18.0 Å². The van der Waals surface area contributed by atoms with E-state index in [0.717, 1.165) is 57.0 Å². The number of carbonyl (C=O) groups is 1. The lowest BCUT2D eigenvalue weighted by Gasteiger charge is -2.43. The second-order valence-corrected chi connectivity index (χ2v) is 7.43. The summed E-state index contributed by atoms with van der Waals surface area (Å²) in [6, 6.07) is 6.37. The van der Waals surface area contributed by atoms with Gasteiger partial charge in [-0.1, -0.05) is 0 Å². The Bertz CT molecular complexity index is 766. The molecule has 1 aliphatic carbocycles. The smallest absolute Gasteiger partial charge is 0.237 e. The van der Waals surface area contributed by atoms with Gasteiger partial charge in [0.05, 0.1) is 11.6 Å². The minimum Gasteiger partial charge on any atom is -0.369 e. The fourth-order valence-corrected chi connectivity index (χ4v) is 3.91. The Balaban J connectivity index is 1.34. The van der Waals surface area contributed by atoms with Crippen molar-refractivity contribution in [1.29, 1.82) is 0 Å². The second kappa shape index (κ2) is 7.26. The lowest BCUT2D eigenvalue weighted by molar-refractivity contribution is -0.129. The van der Waals surface area contributed by atoms with Gasteiger partial charge < -0.3 is 10.2 Å². The predicted molar refractivity (Wildman–Crippen MR) is 99.7 cm³/mol. The van der Waals surface area contributed by atoms with Gasteiger partial charge in [-0.15, -0.1) is 0 Å². The first-order chi connectivity index (χ1) is 13.1. The van der Waals surface area contributed by atoms with Gasteiger partial charge in [0, 0.05) is 31.9 Å². The van der Waals surface area contributed by atoms with Crippen LogP contribution in [-0.4, -0.2) is 58.2 Å². The fraction of sp³-hybridized carbons (Fsp3) is 0.526. The average Bonchev–Trinajstić information content (AvgIpc) is 3.19. The second-order valence-electron chi connectivity index (χ2n) is 7.43. The molecular weight excluding hydrogens is 347 g/mol. The predicted octanol–water partition coefficient (Wildman–Crippen LogP) is 1.65. The van der Waals surface area contributed by atoms with Crippen molar-refractivity contribution < 1.29 is 9.18 Å². The lowest BCUT2D eigenvalue weighted by Crippen LogP contribution is -2.59. The summed E-state index contributed by atoms with van der Waals surface area (Å²) in [4.78, 5) is 21.5. The first-order valence-corrected chi connectivity index (χ1v) is 9.50. The number of benzene rings is 1. The summed E-state index contributed by atoms with van der Waals surface area (Å²) in [5.74, 6) is 0.552. The van der Waals surface area contributed by atoms with Crippen LogP contribution in [0.3, 0.4) is 0 Å². The molecule has 1 aliphatic heterocycles. The number of amides is 1. The number of anilines is 1. The van der Waals surface area contributed by atoms with E-state index in [9.17, 15) is 9.18 Å². The molecule has 8 heteroatoms. The maximum atomic E-state index is 13.1. The molecule has 7 nitrogen and oxygen atoms in total. The minimum atomic E-state index is -0.391. The molecule has 0 bridgehead atoms. The van der Waals surface area contributed by atoms with Crippen molar-refractivity contribution in [2.75, 3.05) is 31.1 Å². The number of aromatic amines is 1. The van der Waals surface area contributed by atoms with E-state index >= 15 is 0 Å². The van der Waals surface area contributed by atoms with E-state index in [1.807, 2.05) is 6.92 Å². The van der Waals surface area contributed by atoms with Crippen LogP contribution in [0.5, 0.6) is 0 Å². The highest BCUT2D eigenvalue weighted by Gasteiger charge is 2.43. The molecule has 144 valence electrons. The topological polar surface area (TPSA) is 77.1 Å². The summed E-state index contributed by atoms with van der Waals surface area (Å²) in [6.07, 6.45) is 4.34. The number of hydrogen-bond acceptors (Lipinski definition) is 5. The Morgan fingerprint density at radius 3 is 2.48 bits per heavy atom. The zero-order valence-corrected chi connectivity index (χ0v) is 15.5. The third-order valence-electron chi connectivity index (χ3n) is 5.87. The molecule has 4 rings (SSSR count). The Kier molecular flexibility index (Phi) is 4.82. The van der Waals surface area contributed by atoms with E-state index in [4.69, 9.17) is 0 Å². The van der Waals surface area contributed by atoms with Gasteiger partial charge in [0.2, 0.25) is 5.91 Å². The molecule has 2 aromatic rings. The number of halogens is 1. The van der Waals surface area contributed by atoms with E-state index in [0.29, 0.717) is 0 Å². The maximum absolute atomic E-state index is 13.1. The largest absolute Gasteiger partial charge is 0.369 e. The summed E-state index contributed by atoms with van der Waals surface area (Å²) in [6.45, 7) is 5.17. The standard InChI is InChI=1S/C19H25FN6O/c1-14(17(27)23-19(7-2-8-19)18-21-13-22-24-18)25-9-11-26(12-10-25)16-5-3-15(20)4-6-16/h3-6,13-14H,2,7-12H2,1H3,(H,23,27)(H,21,22,24). The van der Waals surface area contributed by atoms with Crippen LogP contribution < -0.4 is 10.2 Å². The molecule has 2 N–H and O–H groups in total. The number of H-pyrrole nitrogens is 1. The number of piperazine rings is 1. The van der Waals surface area contributed by atoms with E-state index in [1.54, 1.807) is 12.1 Å². The van der Waals surface area contributed by atoms with Gasteiger partial charge in [0.25, 0.3) is 0 Å². The molecule has 1 atom stereocenters. The third-order valence-corrected chi connectivity index (χ3v) is 5.87. The molecule has 2 heterocycles. The number of rotatable bonds is 5. The molecule has 1 saturated heterocycles. The highest BCUT2D eigenvalue weighted by Crippen LogP contribution is 2.39. The monoisotopic (exact) mass is 372 g/mol. The Hall–Kier alpha value is -2.48. The average molecular weight is 372 g/mol. The van der Waals surface area contributed by atoms with Gasteiger partial charge in [-0.3, -0.25) is 14.8 Å². The Morgan fingerprint density at radius 2 is 1.93 bits per heavy atom. The number of aromatic nitrogens is 3. The van der Waals surface area contributed by atoms with Crippen molar-refractivity contribution in [3.63, 3.8) is 0 Å². The zero-order chi connectivity index (χ0) is 18.9. The van der Waals surface area contributed by atoms with E-state index in [1.165, 1.54) is 18.5 Å². The van der Waals surface area contributed by atoms with Crippen molar-refractivity contribution in [2.24, 2.45) is 0 Å². The molecule has 1 unspecified atom stereocenters. The SMILES string of the molecule is CC(C(=O)NC1(c2ncn[nH]2)CCC1)N1CCN(c2ccc(F)cc2)CC1. The van der Waals surface area contributed by atoms with Gasteiger partial charge in [-0.25, -0.2) is 9.37 Å². The van der Waals surface area contributed by atoms with Crippen molar-refractivity contribution in [3.05, 3.63) is 42.2 Å². The van der Waals surface area contributed by atoms with Crippen molar-refractivity contribution >= 4 is 11.6 Å². The van der Waals surface area contributed by atoms with Crippen LogP contribution in [0.2, 0.25) is 0 Å². The summed E-state index contributed by atoms with van der Waals surface area (Å²) in [7, 11) is 0. The van der Waals surface area contributed by atoms with Crippen LogP contribution in [0.15, 0.2) is 30.6 Å². The minimum absolute atomic E-state index is 0.0290. The van der Waals surface area contributed by atoms with Gasteiger partial charge in [-0.05, 0) is 50.5 Å². The summed E-state index contributed by atoms with van der Waals surface area (Å²) in [5.41, 5.74) is 0.629. The lowest BCUT2D eigenvalue weighted by atomic mass is 9.76. The summed E-state index contributed by atoms with van der Waals surface area (Å²) in [5, 5.41) is 10.0. The summed E-state index contributed by atoms with van der Waals surface area (Å²) >= 11 is 0. The Morgan fingerprint density at radius 1 is 1.22 bits per heavy atom.